The monoisotopic (exact) mass is 1400 g/mol. The Hall–Kier alpha value is -11.5. The van der Waals surface area contributed by atoms with Crippen LogP contribution in [0.3, 0.4) is 0 Å². The summed E-state index contributed by atoms with van der Waals surface area (Å²) >= 11 is 0. The van der Waals surface area contributed by atoms with Crippen LogP contribution in [0.4, 0.5) is 36.2 Å². The summed E-state index contributed by atoms with van der Waals surface area (Å²) in [5, 5.41) is 45.2. The topological polar surface area (TPSA) is 415 Å². The maximum absolute atomic E-state index is 12.5. The number of alkyl carbamates (subject to hydrolysis) is 1. The highest BCUT2D eigenvalue weighted by atomic mass is 16.7. The van der Waals surface area contributed by atoms with E-state index in [9.17, 15) is 43.8 Å². The van der Waals surface area contributed by atoms with Gasteiger partial charge < -0.3 is 83.2 Å². The molecule has 544 valence electrons. The average molecular weight is 1400 g/mol. The second-order valence-electron chi connectivity index (χ2n) is 24.5. The normalized spacial score (nSPS) is 12.8. The van der Waals surface area contributed by atoms with Gasteiger partial charge in [-0.1, -0.05) is 103 Å². The zero-order chi connectivity index (χ0) is 75.5. The van der Waals surface area contributed by atoms with Gasteiger partial charge in [0.15, 0.2) is 0 Å². The van der Waals surface area contributed by atoms with Crippen LogP contribution in [0, 0.1) is 37.0 Å². The third-order valence-electron chi connectivity index (χ3n) is 13.3. The van der Waals surface area contributed by atoms with Crippen LogP contribution in [-0.4, -0.2) is 115 Å². The van der Waals surface area contributed by atoms with Crippen LogP contribution in [0.1, 0.15) is 88.8 Å². The Balaban J connectivity index is 0.000000360. The lowest BCUT2D eigenvalue weighted by Gasteiger charge is -2.29. The summed E-state index contributed by atoms with van der Waals surface area (Å²) in [6.07, 6.45) is -3.31. The predicted molar refractivity (Wildman–Crippen MR) is 369 cm³/mol. The summed E-state index contributed by atoms with van der Waals surface area (Å²) in [5.74, 6) is -2.04. The molecule has 2 atom stereocenters. The lowest BCUT2D eigenvalue weighted by Crippen LogP contribution is -2.72. The van der Waals surface area contributed by atoms with Crippen molar-refractivity contribution in [3.8, 4) is 17.2 Å². The van der Waals surface area contributed by atoms with E-state index in [0.717, 1.165) is 46.1 Å². The van der Waals surface area contributed by atoms with E-state index in [4.69, 9.17) is 73.8 Å². The van der Waals surface area contributed by atoms with Gasteiger partial charge in [-0.25, -0.2) is 24.2 Å². The molecule has 1 heterocycles. The van der Waals surface area contributed by atoms with Crippen LogP contribution >= 0.6 is 0 Å². The molecular weight excluding hydrogens is 1310 g/mol. The van der Waals surface area contributed by atoms with Gasteiger partial charge in [-0.3, -0.25) is 31.2 Å². The number of hydrogen-bond acceptors (Lipinski definition) is 24. The first-order valence-electron chi connectivity index (χ1n) is 31.0. The number of aliphatic hydroxyl groups excluding tert-OH is 3. The van der Waals surface area contributed by atoms with Crippen LogP contribution < -0.4 is 51.7 Å². The number of aliphatic hydroxyl groups is 3. The standard InChI is InChI=1S/C23H27NO6.C21H25N3O6.C19H24N2O7.C8H10O.C2H4O2/c1-16(2)24-19-9-11-20(12-10-19)30-21(26)23(4,14-25)15-29-22(27)28-13-18-7-5-17(3)6-8-18;1-14-3-5-15(6-4-14)11-28-20(27)29-13-21(2,12-25)18(26)30-17-9-7-16(8-10-17)24-19(22)23;1-12(21-16(23)28-18(2,3)4)20-13-6-8-14(9-7-13)27-15(22)19(5)10-25-17(24)26-11-19;1-7-2-4-8(6-9)5-3-7;1-2(3)4/h5-12,24-25H,1,13-15H2,2-4H3;3-10,25H,11-13H2,1-2H3,(H4,22,23,24);6-9,20H,1,10-11H2,2-5H3,(H,21,23);2-5,9H,6H2,1H3;1H3,(H,3,4). The number of aryl methyl sites for hydroxylation is 3. The van der Waals surface area contributed by atoms with Gasteiger partial charge in [0.25, 0.3) is 0 Å². The molecule has 7 rings (SSSR count). The minimum atomic E-state index is -1.46. The summed E-state index contributed by atoms with van der Waals surface area (Å²) in [6, 6.07) is 42.2. The van der Waals surface area contributed by atoms with Crippen molar-refractivity contribution in [3.05, 3.63) is 204 Å². The number of carboxylic acids is 1. The number of aliphatic carboxylic acids is 1. The predicted octanol–water partition coefficient (Wildman–Crippen LogP) is 7.85. The Morgan fingerprint density at radius 2 is 0.931 bits per heavy atom. The van der Waals surface area contributed by atoms with Crippen molar-refractivity contribution in [3.63, 3.8) is 0 Å². The second-order valence-corrected chi connectivity index (χ2v) is 24.5. The number of benzene rings is 6. The summed E-state index contributed by atoms with van der Waals surface area (Å²) in [5.41, 5.74) is 14.9. The third-order valence-corrected chi connectivity index (χ3v) is 13.3. The van der Waals surface area contributed by atoms with Crippen molar-refractivity contribution in [2.75, 3.05) is 50.3 Å². The molecule has 28 nitrogen and oxygen atoms in total. The zero-order valence-corrected chi connectivity index (χ0v) is 58.4. The number of allylic oxidation sites excluding steroid dienone is 1. The highest BCUT2D eigenvalue weighted by Crippen LogP contribution is 2.28. The molecule has 28 heteroatoms. The third kappa shape index (κ3) is 33.1. The summed E-state index contributed by atoms with van der Waals surface area (Å²) in [4.78, 5) is 95.2. The van der Waals surface area contributed by atoms with Gasteiger partial charge >= 0.3 is 48.4 Å². The first-order valence-corrected chi connectivity index (χ1v) is 31.0. The van der Waals surface area contributed by atoms with Gasteiger partial charge in [-0.15, -0.1) is 0 Å². The number of nitrogens with one attached hydrogen (secondary N) is 4. The molecule has 0 radical (unpaired) electrons. The van der Waals surface area contributed by atoms with E-state index in [2.05, 4.69) is 34.1 Å². The molecule has 0 bridgehead atoms. The first-order chi connectivity index (χ1) is 47.5. The van der Waals surface area contributed by atoms with Gasteiger partial charge in [0.05, 0.1) is 25.5 Å². The smallest absolute Gasteiger partial charge is 0.508 e. The zero-order valence-electron chi connectivity index (χ0n) is 58.4. The number of nitrogens with two attached hydrogens (primary N) is 2. The SMILES string of the molecule is C=C(C)Nc1ccc(OC(=O)C(C)(CO)COC(=O)OCc2ccc(C)cc2)cc1.C=C(NC(=O)OC(C)(C)C)Nc1ccc(OC(=O)C2(C)COC(=O)OC2)cc1.CC(=O)[O-].Cc1ccc(CO)cc1.Cc1ccc(COC(=O)OCC(C)(CO)C(=O)Oc2ccc([NH+]=C(N)N)cc2)cc1. The lowest BCUT2D eigenvalue weighted by molar-refractivity contribution is -0.356. The molecule has 6 aromatic carbocycles. The van der Waals surface area contributed by atoms with Crippen molar-refractivity contribution in [1.82, 2.24) is 5.32 Å². The van der Waals surface area contributed by atoms with Gasteiger partial charge in [0.2, 0.25) is 0 Å². The number of ether oxygens (including phenoxy) is 10. The van der Waals surface area contributed by atoms with E-state index >= 15 is 0 Å². The van der Waals surface area contributed by atoms with Crippen LogP contribution in [0.5, 0.6) is 17.2 Å². The van der Waals surface area contributed by atoms with Crippen LogP contribution in [-0.2, 0) is 72.2 Å². The first kappa shape index (κ1) is 83.7. The van der Waals surface area contributed by atoms with E-state index in [0.29, 0.717) is 22.9 Å². The maximum atomic E-state index is 12.5. The van der Waals surface area contributed by atoms with Gasteiger partial charge in [0.1, 0.15) is 84.6 Å². The molecule has 0 spiro atoms. The number of guanidine groups is 1. The minimum absolute atomic E-state index is 0.0269. The van der Waals surface area contributed by atoms with Crippen molar-refractivity contribution in [2.45, 2.75) is 102 Å². The molecule has 1 aliphatic rings. The molecule has 2 unspecified atom stereocenters. The Morgan fingerprint density at radius 1 is 0.564 bits per heavy atom. The summed E-state index contributed by atoms with van der Waals surface area (Å²) in [6.45, 7) is 24.0. The summed E-state index contributed by atoms with van der Waals surface area (Å²) < 4.78 is 50.6. The van der Waals surface area contributed by atoms with Crippen molar-refractivity contribution in [1.29, 1.82) is 0 Å². The molecule has 6 aromatic rings. The number of rotatable bonds is 23. The van der Waals surface area contributed by atoms with E-state index in [1.807, 2.05) is 100 Å². The number of esters is 3. The Labute approximate surface area is 586 Å². The number of anilines is 2. The average Bonchev–Trinajstić information content (AvgIpc) is 0.823. The van der Waals surface area contributed by atoms with Gasteiger partial charge in [0, 0.05) is 23.0 Å². The quantitative estimate of drug-likeness (QED) is 0.00968. The summed E-state index contributed by atoms with van der Waals surface area (Å²) in [7, 11) is 0. The molecule has 0 aliphatic carbocycles. The fourth-order valence-electron chi connectivity index (χ4n) is 7.40. The Bertz CT molecular complexity index is 3710. The van der Waals surface area contributed by atoms with Crippen molar-refractivity contribution in [2.24, 2.45) is 27.7 Å². The van der Waals surface area contributed by atoms with E-state index < -0.39 is 90.1 Å². The molecule has 1 amide bonds. The number of carbonyl (C=O) groups is 8. The molecule has 0 saturated carbocycles. The van der Waals surface area contributed by atoms with Crippen LogP contribution in [0.25, 0.3) is 0 Å². The van der Waals surface area contributed by atoms with E-state index in [-0.39, 0.29) is 57.2 Å². The number of amides is 1. The minimum Gasteiger partial charge on any atom is -0.550 e. The Morgan fingerprint density at radius 3 is 1.29 bits per heavy atom. The number of cyclic esters (lactones) is 2. The van der Waals surface area contributed by atoms with Crippen molar-refractivity contribution >= 4 is 71.5 Å². The van der Waals surface area contributed by atoms with Gasteiger partial charge in [-0.05, 0) is 166 Å². The molecule has 1 aliphatic heterocycles. The van der Waals surface area contributed by atoms with E-state index in [1.54, 1.807) is 88.4 Å². The Kier molecular flexibility index (Phi) is 34.0. The second kappa shape index (κ2) is 41.0. The molecule has 101 heavy (non-hydrogen) atoms. The lowest BCUT2D eigenvalue weighted by atomic mass is 9.92. The molecular formula is C73H90N6O22. The number of carboxylic acid groups (broad SMARTS) is 1. The van der Waals surface area contributed by atoms with Crippen molar-refractivity contribution < 1.29 is 111 Å². The van der Waals surface area contributed by atoms with E-state index in [1.165, 1.54) is 31.5 Å². The van der Waals surface area contributed by atoms with Crippen LogP contribution in [0.15, 0.2) is 170 Å². The largest absolute Gasteiger partial charge is 0.550 e. The highest BCUT2D eigenvalue weighted by Gasteiger charge is 2.42. The number of hydrogen-bond donors (Lipinski definition) is 9. The maximum Gasteiger partial charge on any atom is 0.508 e. The molecule has 1 fully saturated rings. The fourth-order valence-corrected chi connectivity index (χ4v) is 7.40. The molecule has 11 N–H and O–H groups in total. The molecule has 1 saturated heterocycles. The molecule has 0 aromatic heterocycles. The fraction of sp³-hybridized carbons (Fsp3) is 0.329. The van der Waals surface area contributed by atoms with Gasteiger partial charge in [-0.2, -0.15) is 0 Å². The number of carbonyl (C=O) groups excluding carboxylic acids is 8. The highest BCUT2D eigenvalue weighted by molar-refractivity contribution is 5.82. The van der Waals surface area contributed by atoms with Crippen LogP contribution in [0.2, 0.25) is 0 Å².